The van der Waals surface area contributed by atoms with E-state index in [2.05, 4.69) is 0 Å². The van der Waals surface area contributed by atoms with Crippen molar-refractivity contribution in [1.29, 1.82) is 0 Å². The fourth-order valence-corrected chi connectivity index (χ4v) is 2.99. The van der Waals surface area contributed by atoms with Crippen molar-refractivity contribution in [2.24, 2.45) is 5.73 Å². The fraction of sp³-hybridized carbons (Fsp3) is 0.0476. The lowest BCUT2D eigenvalue weighted by Gasteiger charge is -2.21. The van der Waals surface area contributed by atoms with Crippen LogP contribution >= 0.6 is 11.6 Å². The summed E-state index contributed by atoms with van der Waals surface area (Å²) in [5.74, 6) is -6.66. The van der Waals surface area contributed by atoms with Gasteiger partial charge >= 0.3 is 12.2 Å². The molecule has 0 aliphatic heterocycles. The minimum atomic E-state index is -4.68. The van der Waals surface area contributed by atoms with Crippen LogP contribution in [0.4, 0.5) is 36.8 Å². The molecule has 0 saturated heterocycles. The first kappa shape index (κ1) is 23.9. The first-order valence-corrected chi connectivity index (χ1v) is 9.20. The first-order chi connectivity index (χ1) is 15.4. The minimum absolute atomic E-state index is 0.0158. The van der Waals surface area contributed by atoms with Crippen LogP contribution in [0.3, 0.4) is 0 Å². The van der Waals surface area contributed by atoms with Crippen LogP contribution in [-0.4, -0.2) is 11.9 Å². The summed E-state index contributed by atoms with van der Waals surface area (Å²) < 4.78 is 86.7. The van der Waals surface area contributed by atoms with E-state index in [0.717, 1.165) is 42.5 Å². The van der Waals surface area contributed by atoms with Gasteiger partial charge < -0.3 is 10.5 Å². The van der Waals surface area contributed by atoms with Crippen LogP contribution in [0.25, 0.3) is 0 Å². The Morgan fingerprint density at radius 1 is 0.909 bits per heavy atom. The lowest BCUT2D eigenvalue weighted by atomic mass is 10.1. The van der Waals surface area contributed by atoms with E-state index < -0.39 is 63.2 Å². The smallest absolute Gasteiger partial charge is 0.416 e. The number of nitrogens with zero attached hydrogens (tertiary/aromatic N) is 1. The molecule has 0 spiro atoms. The van der Waals surface area contributed by atoms with Gasteiger partial charge in [0.15, 0.2) is 11.6 Å². The fourth-order valence-electron chi connectivity index (χ4n) is 2.77. The number of nitrogens with two attached hydrogens (primary N) is 1. The molecule has 33 heavy (non-hydrogen) atoms. The number of ether oxygens (including phenoxy) is 1. The Hall–Kier alpha value is -3.73. The van der Waals surface area contributed by atoms with Crippen molar-refractivity contribution in [1.82, 2.24) is 0 Å². The molecule has 0 atom stereocenters. The number of urea groups is 1. The number of rotatable bonds is 4. The summed E-state index contributed by atoms with van der Waals surface area (Å²) in [6.07, 6.45) is -4.68. The van der Waals surface area contributed by atoms with Crippen LogP contribution in [-0.2, 0) is 6.18 Å². The molecular weight excluding hydrogens is 478 g/mol. The molecule has 0 fully saturated rings. The number of hydrogen-bond donors (Lipinski definition) is 1. The van der Waals surface area contributed by atoms with Gasteiger partial charge in [0.1, 0.15) is 22.9 Å². The van der Waals surface area contributed by atoms with Crippen molar-refractivity contribution in [3.8, 4) is 11.5 Å². The summed E-state index contributed by atoms with van der Waals surface area (Å²) >= 11 is 5.79. The number of imide groups is 1. The average molecular weight is 489 g/mol. The highest BCUT2D eigenvalue weighted by atomic mass is 35.5. The topological polar surface area (TPSA) is 72.6 Å². The van der Waals surface area contributed by atoms with Crippen LogP contribution in [0.5, 0.6) is 11.5 Å². The molecule has 3 rings (SSSR count). The van der Waals surface area contributed by atoms with Crippen LogP contribution < -0.4 is 15.4 Å². The Bertz CT molecular complexity index is 1230. The number of alkyl halides is 3. The molecule has 0 radical (unpaired) electrons. The molecule has 12 heteroatoms. The van der Waals surface area contributed by atoms with Crippen LogP contribution in [0.2, 0.25) is 5.02 Å². The molecule has 0 unspecified atom stereocenters. The SMILES string of the molecule is NC(=O)N(C(=O)c1c(F)cccc1F)c1cccc(Oc2ccc(C(F)(F)F)cc2Cl)c1F. The zero-order valence-corrected chi connectivity index (χ0v) is 16.8. The van der Waals surface area contributed by atoms with E-state index >= 15 is 4.39 Å². The van der Waals surface area contributed by atoms with Crippen molar-refractivity contribution < 1.29 is 40.7 Å². The summed E-state index contributed by atoms with van der Waals surface area (Å²) in [5.41, 5.74) is 2.09. The third kappa shape index (κ3) is 4.87. The van der Waals surface area contributed by atoms with E-state index in [1.54, 1.807) is 0 Å². The van der Waals surface area contributed by atoms with E-state index in [1.165, 1.54) is 0 Å². The standard InChI is InChI=1S/C21H11ClF6N2O3/c22-11-9-10(21(26,27)28)7-8-15(11)33-16-6-2-5-14(18(16)25)30(20(29)32)19(31)17-12(23)3-1-4-13(17)24/h1-9H,(H2,29,32). The molecule has 3 aromatic rings. The lowest BCUT2D eigenvalue weighted by Crippen LogP contribution is -2.42. The average Bonchev–Trinajstić information content (AvgIpc) is 2.71. The second-order valence-corrected chi connectivity index (χ2v) is 6.82. The van der Waals surface area contributed by atoms with Crippen molar-refractivity contribution in [2.45, 2.75) is 6.18 Å². The zero-order chi connectivity index (χ0) is 24.5. The predicted molar refractivity (Wildman–Crippen MR) is 106 cm³/mol. The molecule has 0 heterocycles. The number of halogens is 7. The van der Waals surface area contributed by atoms with Gasteiger partial charge in [-0.1, -0.05) is 23.7 Å². The third-order valence-corrected chi connectivity index (χ3v) is 4.56. The summed E-state index contributed by atoms with van der Waals surface area (Å²) in [7, 11) is 0. The van der Waals surface area contributed by atoms with Gasteiger partial charge in [-0.05, 0) is 42.5 Å². The van der Waals surface area contributed by atoms with Crippen molar-refractivity contribution >= 4 is 29.2 Å². The van der Waals surface area contributed by atoms with Crippen molar-refractivity contribution in [3.05, 3.63) is 88.2 Å². The molecular formula is C21H11ClF6N2O3. The van der Waals surface area contributed by atoms with Gasteiger partial charge in [-0.3, -0.25) is 4.79 Å². The Morgan fingerprint density at radius 2 is 1.52 bits per heavy atom. The van der Waals surface area contributed by atoms with Gasteiger partial charge in [-0.25, -0.2) is 22.9 Å². The molecule has 3 aromatic carbocycles. The second-order valence-electron chi connectivity index (χ2n) is 6.41. The van der Waals surface area contributed by atoms with Gasteiger partial charge in [-0.15, -0.1) is 0 Å². The molecule has 2 N–H and O–H groups in total. The molecule has 172 valence electrons. The maximum Gasteiger partial charge on any atom is 0.416 e. The summed E-state index contributed by atoms with van der Waals surface area (Å²) in [4.78, 5) is 24.5. The molecule has 0 aromatic heterocycles. The second kappa shape index (κ2) is 9.02. The highest BCUT2D eigenvalue weighted by Crippen LogP contribution is 2.38. The summed E-state index contributed by atoms with van der Waals surface area (Å²) in [5, 5.41) is -0.508. The van der Waals surface area contributed by atoms with E-state index in [-0.39, 0.29) is 10.6 Å². The quantitative estimate of drug-likeness (QED) is 0.438. The van der Waals surface area contributed by atoms with Gasteiger partial charge in [0.2, 0.25) is 0 Å². The van der Waals surface area contributed by atoms with Crippen LogP contribution in [0, 0.1) is 17.5 Å². The van der Waals surface area contributed by atoms with Crippen molar-refractivity contribution in [2.75, 3.05) is 4.90 Å². The minimum Gasteiger partial charge on any atom is -0.453 e. The van der Waals surface area contributed by atoms with Gasteiger partial charge in [0.05, 0.1) is 16.3 Å². The number of primary amides is 1. The molecule has 0 bridgehead atoms. The Balaban J connectivity index is 2.02. The van der Waals surface area contributed by atoms with Gasteiger partial charge in [0, 0.05) is 0 Å². The van der Waals surface area contributed by atoms with Gasteiger partial charge in [-0.2, -0.15) is 13.2 Å². The predicted octanol–water partition coefficient (Wildman–Crippen LogP) is 6.29. The molecule has 0 aliphatic rings. The first-order valence-electron chi connectivity index (χ1n) is 8.82. The van der Waals surface area contributed by atoms with E-state index in [1.807, 2.05) is 0 Å². The lowest BCUT2D eigenvalue weighted by molar-refractivity contribution is -0.137. The van der Waals surface area contributed by atoms with Gasteiger partial charge in [0.25, 0.3) is 5.91 Å². The Kier molecular flexibility index (Phi) is 6.54. The zero-order valence-electron chi connectivity index (χ0n) is 16.1. The molecule has 0 aliphatic carbocycles. The number of carbonyl (C=O) groups is 2. The number of amides is 3. The van der Waals surface area contributed by atoms with Crippen molar-refractivity contribution in [3.63, 3.8) is 0 Å². The Morgan fingerprint density at radius 3 is 2.06 bits per heavy atom. The summed E-state index contributed by atoms with van der Waals surface area (Å²) in [6, 6.07) is 5.95. The maximum absolute atomic E-state index is 15.1. The largest absolute Gasteiger partial charge is 0.453 e. The normalized spacial score (nSPS) is 11.2. The Labute approximate surface area is 186 Å². The van der Waals surface area contributed by atoms with E-state index in [4.69, 9.17) is 22.1 Å². The molecule has 3 amide bonds. The molecule has 0 saturated carbocycles. The van der Waals surface area contributed by atoms with Crippen LogP contribution in [0.15, 0.2) is 54.6 Å². The van der Waals surface area contributed by atoms with E-state index in [9.17, 15) is 31.5 Å². The highest BCUT2D eigenvalue weighted by molar-refractivity contribution is 6.32. The van der Waals surface area contributed by atoms with E-state index in [0.29, 0.717) is 12.1 Å². The number of hydrogen-bond acceptors (Lipinski definition) is 3. The number of anilines is 1. The maximum atomic E-state index is 15.1. The molecule has 5 nitrogen and oxygen atoms in total. The monoisotopic (exact) mass is 488 g/mol. The summed E-state index contributed by atoms with van der Waals surface area (Å²) in [6.45, 7) is 0. The highest BCUT2D eigenvalue weighted by Gasteiger charge is 2.32. The number of benzene rings is 3. The number of carbonyl (C=O) groups excluding carboxylic acids is 2. The van der Waals surface area contributed by atoms with Crippen LogP contribution in [0.1, 0.15) is 15.9 Å². The third-order valence-electron chi connectivity index (χ3n) is 4.26.